The standard InChI is InChI=1S/C27H26Cl3N3O2.ClH.H2O/c1-19-4-2-3-5-25(19)31-27(34)16-33-13-12-32(18-33)15-26(20-6-9-22(28)10-7-20)35-17-21-8-11-23(29)14-24(21)30;;/h2-14,26H,15-18H2,1H3,(H,31,34);1H;1H2. The summed E-state index contributed by atoms with van der Waals surface area (Å²) in [6, 6.07) is 20.7. The van der Waals surface area contributed by atoms with E-state index in [1.54, 1.807) is 12.1 Å². The number of amides is 1. The summed E-state index contributed by atoms with van der Waals surface area (Å²) in [5.41, 5.74) is 3.72. The van der Waals surface area contributed by atoms with Crippen molar-refractivity contribution in [2.45, 2.75) is 19.6 Å². The van der Waals surface area contributed by atoms with Gasteiger partial charge in [-0.05, 0) is 53.9 Å². The van der Waals surface area contributed by atoms with Crippen LogP contribution in [0.1, 0.15) is 22.8 Å². The lowest BCUT2D eigenvalue weighted by atomic mass is 10.1. The van der Waals surface area contributed by atoms with Crippen LogP contribution in [-0.2, 0) is 16.1 Å². The molecule has 1 unspecified atom stereocenters. The first-order valence-electron chi connectivity index (χ1n) is 11.2. The smallest absolute Gasteiger partial charge is 0.243 e. The SMILES string of the molecule is Cc1ccccc1NC(=O)CN1C=CN(CC(OCc2ccc(Cl)cc2Cl)c2ccc(Cl)cc2)C1.Cl.O. The Bertz CT molecular complexity index is 1210. The molecule has 1 heterocycles. The van der Waals surface area contributed by atoms with Crippen molar-refractivity contribution >= 4 is 58.8 Å². The van der Waals surface area contributed by atoms with Crippen LogP contribution >= 0.6 is 47.2 Å². The Labute approximate surface area is 238 Å². The van der Waals surface area contributed by atoms with Gasteiger partial charge in [0.15, 0.2) is 0 Å². The van der Waals surface area contributed by atoms with E-state index in [1.807, 2.05) is 78.8 Å². The molecule has 3 N–H and O–H groups in total. The number of carbonyl (C=O) groups excluding carboxylic acids is 1. The van der Waals surface area contributed by atoms with E-state index in [-0.39, 0.29) is 36.4 Å². The number of halogens is 4. The molecule has 0 aromatic heterocycles. The zero-order valence-corrected chi connectivity index (χ0v) is 23.2. The van der Waals surface area contributed by atoms with Crippen LogP contribution < -0.4 is 5.32 Å². The molecule has 1 atom stereocenters. The van der Waals surface area contributed by atoms with Gasteiger partial charge in [-0.2, -0.15) is 0 Å². The number of ether oxygens (including phenoxy) is 1. The maximum atomic E-state index is 12.6. The van der Waals surface area contributed by atoms with Crippen LogP contribution in [0.3, 0.4) is 0 Å². The summed E-state index contributed by atoms with van der Waals surface area (Å²) in [6.45, 7) is 3.74. The minimum atomic E-state index is -0.232. The van der Waals surface area contributed by atoms with Gasteiger partial charge in [0.05, 0.1) is 19.8 Å². The van der Waals surface area contributed by atoms with Gasteiger partial charge < -0.3 is 25.3 Å². The highest BCUT2D eigenvalue weighted by Crippen LogP contribution is 2.27. The van der Waals surface area contributed by atoms with Crippen LogP contribution in [0.4, 0.5) is 5.69 Å². The summed E-state index contributed by atoms with van der Waals surface area (Å²) >= 11 is 18.5. The van der Waals surface area contributed by atoms with Crippen LogP contribution in [0.25, 0.3) is 0 Å². The molecule has 198 valence electrons. The molecule has 0 spiro atoms. The van der Waals surface area contributed by atoms with Crippen LogP contribution in [-0.4, -0.2) is 40.9 Å². The van der Waals surface area contributed by atoms with E-state index in [2.05, 4.69) is 10.2 Å². The third-order valence-electron chi connectivity index (χ3n) is 5.71. The first-order valence-corrected chi connectivity index (χ1v) is 12.3. The molecular formula is C27H29Cl4N3O3. The first-order chi connectivity index (χ1) is 16.9. The molecule has 6 nitrogen and oxygen atoms in total. The van der Waals surface area contributed by atoms with E-state index in [9.17, 15) is 4.79 Å². The van der Waals surface area contributed by atoms with Crippen molar-refractivity contribution in [3.05, 3.63) is 111 Å². The van der Waals surface area contributed by atoms with Gasteiger partial charge in [-0.25, -0.2) is 0 Å². The van der Waals surface area contributed by atoms with Gasteiger partial charge in [-0.3, -0.25) is 4.79 Å². The lowest BCUT2D eigenvalue weighted by Gasteiger charge is -2.26. The predicted octanol–water partition coefficient (Wildman–Crippen LogP) is 6.50. The molecule has 1 amide bonds. The summed E-state index contributed by atoms with van der Waals surface area (Å²) in [5.74, 6) is -0.0614. The molecule has 1 aliphatic heterocycles. The van der Waals surface area contributed by atoms with E-state index < -0.39 is 0 Å². The van der Waals surface area contributed by atoms with Crippen LogP contribution in [0.5, 0.6) is 0 Å². The van der Waals surface area contributed by atoms with Crippen molar-refractivity contribution in [3.8, 4) is 0 Å². The molecule has 0 radical (unpaired) electrons. The van der Waals surface area contributed by atoms with Gasteiger partial charge in [0, 0.05) is 39.7 Å². The average molecular weight is 585 g/mol. The summed E-state index contributed by atoms with van der Waals surface area (Å²) in [4.78, 5) is 16.6. The maximum Gasteiger partial charge on any atom is 0.243 e. The van der Waals surface area contributed by atoms with Gasteiger partial charge in [-0.1, -0.05) is 71.2 Å². The molecule has 0 bridgehead atoms. The fraction of sp³-hybridized carbons (Fsp3) is 0.222. The molecule has 0 aliphatic carbocycles. The number of anilines is 1. The van der Waals surface area contributed by atoms with Gasteiger partial charge in [0.25, 0.3) is 0 Å². The van der Waals surface area contributed by atoms with Crippen LogP contribution in [0, 0.1) is 6.92 Å². The number of nitrogens with zero attached hydrogens (tertiary/aromatic N) is 2. The number of hydrogen-bond acceptors (Lipinski definition) is 4. The molecule has 0 saturated heterocycles. The highest BCUT2D eigenvalue weighted by molar-refractivity contribution is 6.35. The van der Waals surface area contributed by atoms with Gasteiger partial charge in [0.1, 0.15) is 6.10 Å². The van der Waals surface area contributed by atoms with Crippen molar-refractivity contribution < 1.29 is 15.0 Å². The Morgan fingerprint density at radius 3 is 2.35 bits per heavy atom. The van der Waals surface area contributed by atoms with Crippen molar-refractivity contribution in [3.63, 3.8) is 0 Å². The van der Waals surface area contributed by atoms with Crippen LogP contribution in [0.2, 0.25) is 15.1 Å². The van der Waals surface area contributed by atoms with E-state index in [0.717, 1.165) is 22.4 Å². The zero-order valence-electron chi connectivity index (χ0n) is 20.2. The van der Waals surface area contributed by atoms with E-state index in [0.29, 0.717) is 34.9 Å². The Kier molecular flexibility index (Phi) is 12.0. The third kappa shape index (κ3) is 8.82. The van der Waals surface area contributed by atoms with Gasteiger partial charge in [-0.15, -0.1) is 12.4 Å². The number of rotatable bonds is 9. The summed E-state index contributed by atoms with van der Waals surface area (Å²) < 4.78 is 6.30. The summed E-state index contributed by atoms with van der Waals surface area (Å²) in [5, 5.41) is 4.80. The van der Waals surface area contributed by atoms with E-state index >= 15 is 0 Å². The number of carbonyl (C=O) groups is 1. The largest absolute Gasteiger partial charge is 0.412 e. The molecule has 1 aliphatic rings. The van der Waals surface area contributed by atoms with E-state index in [4.69, 9.17) is 39.5 Å². The maximum absolute atomic E-state index is 12.6. The number of benzene rings is 3. The lowest BCUT2D eigenvalue weighted by molar-refractivity contribution is -0.116. The number of aryl methyl sites for hydroxylation is 1. The lowest BCUT2D eigenvalue weighted by Crippen LogP contribution is -2.34. The molecule has 4 rings (SSSR count). The number of hydrogen-bond donors (Lipinski definition) is 1. The molecular weight excluding hydrogens is 556 g/mol. The summed E-state index contributed by atoms with van der Waals surface area (Å²) in [6.07, 6.45) is 3.67. The minimum absolute atomic E-state index is 0. The molecule has 3 aromatic carbocycles. The second-order valence-electron chi connectivity index (χ2n) is 8.41. The van der Waals surface area contributed by atoms with Crippen molar-refractivity contribution in [1.29, 1.82) is 0 Å². The van der Waals surface area contributed by atoms with E-state index in [1.165, 1.54) is 0 Å². The molecule has 10 heteroatoms. The Morgan fingerprint density at radius 1 is 0.973 bits per heavy atom. The fourth-order valence-corrected chi connectivity index (χ4v) is 4.39. The average Bonchev–Trinajstić information content (AvgIpc) is 3.26. The highest BCUT2D eigenvalue weighted by Gasteiger charge is 2.21. The molecule has 37 heavy (non-hydrogen) atoms. The summed E-state index contributed by atoms with van der Waals surface area (Å²) in [7, 11) is 0. The normalized spacial score (nSPS) is 13.1. The minimum Gasteiger partial charge on any atom is -0.412 e. The molecule has 0 fully saturated rings. The van der Waals surface area contributed by atoms with Crippen LogP contribution in [0.15, 0.2) is 79.1 Å². The van der Waals surface area contributed by atoms with Gasteiger partial charge >= 0.3 is 0 Å². The van der Waals surface area contributed by atoms with Crippen molar-refractivity contribution in [2.24, 2.45) is 0 Å². The first kappa shape index (κ1) is 30.8. The number of para-hydroxylation sites is 1. The topological polar surface area (TPSA) is 76.3 Å². The predicted molar refractivity (Wildman–Crippen MR) is 154 cm³/mol. The second-order valence-corrected chi connectivity index (χ2v) is 9.69. The van der Waals surface area contributed by atoms with Crippen molar-refractivity contribution in [2.75, 3.05) is 25.1 Å². The second kappa shape index (κ2) is 14.5. The number of nitrogens with one attached hydrogen (secondary N) is 1. The zero-order chi connectivity index (χ0) is 24.8. The third-order valence-corrected chi connectivity index (χ3v) is 6.55. The Morgan fingerprint density at radius 2 is 1.65 bits per heavy atom. The fourth-order valence-electron chi connectivity index (χ4n) is 3.80. The van der Waals surface area contributed by atoms with Crippen molar-refractivity contribution in [1.82, 2.24) is 9.80 Å². The monoisotopic (exact) mass is 583 g/mol. The molecule has 0 saturated carbocycles. The van der Waals surface area contributed by atoms with Gasteiger partial charge in [0.2, 0.25) is 5.91 Å². The molecule has 3 aromatic rings. The Hall–Kier alpha value is -2.45. The quantitative estimate of drug-likeness (QED) is 0.312. The highest BCUT2D eigenvalue weighted by atomic mass is 35.5. The Balaban J connectivity index is 0.00000241.